The maximum Gasteiger partial charge on any atom is 0.220 e. The van der Waals surface area contributed by atoms with Crippen molar-refractivity contribution in [3.8, 4) is 0 Å². The van der Waals surface area contributed by atoms with E-state index >= 15 is 0 Å². The molecular formula is C31H42BrNO3S. The zero-order valence-corrected chi connectivity index (χ0v) is 25.3. The highest BCUT2D eigenvalue weighted by atomic mass is 79.9. The summed E-state index contributed by atoms with van der Waals surface area (Å²) in [6, 6.07) is 4.19. The van der Waals surface area contributed by atoms with Crippen LogP contribution in [0.2, 0.25) is 0 Å². The number of Topliss-reactive ketones (excluding diaryl/α,β-unsaturated/α-hetero) is 1. The number of ketones is 2. The smallest absolute Gasteiger partial charge is 0.220 e. The topological polar surface area (TPSA) is 63.2 Å². The standard InChI is InChI=1S/C31H42BrNO3S/c1-17(2)29(25-8-9-26(32)37-25)33-27(36)14-18(3)21-6-7-22-28-23(11-13-31(21,22)5)30(4)12-10-20(34)15-19(30)16-24(28)35/h8-9,15,17-18,21-23,28-29H,6-7,10-14,16H2,1-5H3,(H,33,36)/t18-,21?,22+,23+,28+,29?,30+,31-/m1/s1. The molecule has 2 unspecified atom stereocenters. The number of amides is 1. The van der Waals surface area contributed by atoms with Gasteiger partial charge in [0.1, 0.15) is 5.78 Å². The number of hydrogen-bond donors (Lipinski definition) is 1. The van der Waals surface area contributed by atoms with Crippen LogP contribution in [0.15, 0.2) is 27.6 Å². The normalized spacial score (nSPS) is 36.9. The molecular weight excluding hydrogens is 546 g/mol. The molecule has 0 saturated heterocycles. The van der Waals surface area contributed by atoms with Crippen molar-refractivity contribution in [2.24, 2.45) is 46.3 Å². The predicted molar refractivity (Wildman–Crippen MR) is 152 cm³/mol. The first-order valence-corrected chi connectivity index (χ1v) is 15.9. The highest BCUT2D eigenvalue weighted by Crippen LogP contribution is 2.66. The van der Waals surface area contributed by atoms with Crippen molar-refractivity contribution in [3.05, 3.63) is 32.4 Å². The van der Waals surface area contributed by atoms with Crippen LogP contribution in [-0.2, 0) is 14.4 Å². The van der Waals surface area contributed by atoms with Crippen LogP contribution in [0, 0.1) is 46.3 Å². The fourth-order valence-corrected chi connectivity index (χ4v) is 10.6. The van der Waals surface area contributed by atoms with Crippen LogP contribution in [0.25, 0.3) is 0 Å². The number of carbonyl (C=O) groups excluding carboxylic acids is 3. The molecule has 1 aromatic heterocycles. The van der Waals surface area contributed by atoms with Crippen molar-refractivity contribution in [1.29, 1.82) is 0 Å². The number of thiophene rings is 1. The van der Waals surface area contributed by atoms with Gasteiger partial charge in [-0.25, -0.2) is 0 Å². The third-order valence-electron chi connectivity index (χ3n) is 10.9. The number of hydrogen-bond acceptors (Lipinski definition) is 4. The second-order valence-corrected chi connectivity index (χ2v) is 15.8. The number of halogens is 1. The SMILES string of the molecule is CC(C)C(NC(=O)C[C@@H](C)C1CC[C@H]2[C@@H]3C(=O)CC4=CC(=O)CC[C@]4(C)[C@H]3CC[C@]12C)c1ccc(Br)s1. The van der Waals surface area contributed by atoms with Gasteiger partial charge in [-0.05, 0) is 107 Å². The summed E-state index contributed by atoms with van der Waals surface area (Å²) in [6.07, 6.45) is 8.71. The Labute approximate surface area is 234 Å². The molecule has 3 saturated carbocycles. The molecule has 5 rings (SSSR count). The summed E-state index contributed by atoms with van der Waals surface area (Å²) in [5, 5.41) is 3.34. The van der Waals surface area contributed by atoms with E-state index in [0.717, 1.165) is 41.5 Å². The lowest BCUT2D eigenvalue weighted by molar-refractivity contribution is -0.141. The van der Waals surface area contributed by atoms with Gasteiger partial charge in [-0.15, -0.1) is 11.3 Å². The van der Waals surface area contributed by atoms with Gasteiger partial charge in [0.05, 0.1) is 9.83 Å². The molecule has 8 atom stereocenters. The molecule has 202 valence electrons. The fourth-order valence-electron chi connectivity index (χ4n) is 8.96. The van der Waals surface area contributed by atoms with Crippen molar-refractivity contribution in [3.63, 3.8) is 0 Å². The first-order chi connectivity index (χ1) is 17.4. The first kappa shape index (κ1) is 27.3. The second kappa shape index (κ2) is 10.0. The molecule has 1 heterocycles. The van der Waals surface area contributed by atoms with Crippen molar-refractivity contribution in [2.45, 2.75) is 92.0 Å². The summed E-state index contributed by atoms with van der Waals surface area (Å²) in [4.78, 5) is 40.2. The van der Waals surface area contributed by atoms with Crippen LogP contribution in [-0.4, -0.2) is 17.5 Å². The highest BCUT2D eigenvalue weighted by molar-refractivity contribution is 9.11. The average Bonchev–Trinajstić information content (AvgIpc) is 3.41. The van der Waals surface area contributed by atoms with Gasteiger partial charge in [0, 0.05) is 30.1 Å². The fraction of sp³-hybridized carbons (Fsp3) is 0.710. The Hall–Kier alpha value is -1.27. The van der Waals surface area contributed by atoms with Gasteiger partial charge in [0.15, 0.2) is 5.78 Å². The summed E-state index contributed by atoms with van der Waals surface area (Å²) >= 11 is 5.25. The van der Waals surface area contributed by atoms with Crippen LogP contribution in [0.4, 0.5) is 0 Å². The van der Waals surface area contributed by atoms with Crippen LogP contribution in [0.3, 0.4) is 0 Å². The Bertz CT molecular complexity index is 1120. The molecule has 0 bridgehead atoms. The molecule has 1 aromatic rings. The lowest BCUT2D eigenvalue weighted by atomic mass is 9.46. The van der Waals surface area contributed by atoms with E-state index in [9.17, 15) is 14.4 Å². The molecule has 0 aromatic carbocycles. The third kappa shape index (κ3) is 4.73. The van der Waals surface area contributed by atoms with Gasteiger partial charge >= 0.3 is 0 Å². The number of allylic oxidation sites excluding steroid dienone is 1. The quantitative estimate of drug-likeness (QED) is 0.371. The van der Waals surface area contributed by atoms with Gasteiger partial charge in [0.25, 0.3) is 0 Å². The largest absolute Gasteiger partial charge is 0.348 e. The Balaban J connectivity index is 1.30. The van der Waals surface area contributed by atoms with E-state index in [2.05, 4.69) is 68.0 Å². The van der Waals surface area contributed by atoms with Crippen molar-refractivity contribution >= 4 is 44.7 Å². The number of carbonyl (C=O) groups is 3. The summed E-state index contributed by atoms with van der Waals surface area (Å²) in [5.74, 6) is 2.64. The molecule has 1 amide bonds. The summed E-state index contributed by atoms with van der Waals surface area (Å²) in [5.41, 5.74) is 1.21. The summed E-state index contributed by atoms with van der Waals surface area (Å²) < 4.78 is 1.09. The molecule has 0 radical (unpaired) electrons. The van der Waals surface area contributed by atoms with Crippen LogP contribution >= 0.6 is 27.3 Å². The van der Waals surface area contributed by atoms with Crippen LogP contribution < -0.4 is 5.32 Å². The molecule has 6 heteroatoms. The van der Waals surface area contributed by atoms with E-state index in [4.69, 9.17) is 0 Å². The lowest BCUT2D eigenvalue weighted by Gasteiger charge is -2.57. The van der Waals surface area contributed by atoms with E-state index < -0.39 is 0 Å². The zero-order chi connectivity index (χ0) is 26.7. The lowest BCUT2D eigenvalue weighted by Crippen LogP contribution is -2.54. The molecule has 4 aliphatic rings. The summed E-state index contributed by atoms with van der Waals surface area (Å²) in [7, 11) is 0. The number of fused-ring (bicyclic) bond motifs is 5. The van der Waals surface area contributed by atoms with Crippen LogP contribution in [0.1, 0.15) is 96.9 Å². The van der Waals surface area contributed by atoms with Crippen molar-refractivity contribution < 1.29 is 14.4 Å². The predicted octanol–water partition coefficient (Wildman–Crippen LogP) is 7.68. The van der Waals surface area contributed by atoms with Gasteiger partial charge in [-0.3, -0.25) is 14.4 Å². The highest BCUT2D eigenvalue weighted by Gasteiger charge is 2.61. The Morgan fingerprint density at radius 1 is 1.11 bits per heavy atom. The van der Waals surface area contributed by atoms with Crippen LogP contribution in [0.5, 0.6) is 0 Å². The van der Waals surface area contributed by atoms with Gasteiger partial charge < -0.3 is 5.32 Å². The van der Waals surface area contributed by atoms with E-state index in [1.165, 1.54) is 4.88 Å². The zero-order valence-electron chi connectivity index (χ0n) is 22.9. The second-order valence-electron chi connectivity index (χ2n) is 13.3. The molecule has 0 spiro atoms. The Morgan fingerprint density at radius 2 is 1.86 bits per heavy atom. The first-order valence-electron chi connectivity index (χ1n) is 14.2. The molecule has 4 aliphatic carbocycles. The number of rotatable bonds is 6. The minimum absolute atomic E-state index is 0.0000498. The minimum atomic E-state index is 0.0000498. The molecule has 1 N–H and O–H groups in total. The minimum Gasteiger partial charge on any atom is -0.348 e. The van der Waals surface area contributed by atoms with Crippen molar-refractivity contribution in [2.75, 3.05) is 0 Å². The molecule has 4 nitrogen and oxygen atoms in total. The maximum absolute atomic E-state index is 13.6. The summed E-state index contributed by atoms with van der Waals surface area (Å²) in [6.45, 7) is 11.3. The number of nitrogens with one attached hydrogen (secondary N) is 1. The molecule has 0 aliphatic heterocycles. The Kier molecular flexibility index (Phi) is 7.41. The van der Waals surface area contributed by atoms with Gasteiger partial charge in [-0.1, -0.05) is 40.2 Å². The third-order valence-corrected chi connectivity index (χ3v) is 12.6. The average molecular weight is 589 g/mol. The van der Waals surface area contributed by atoms with E-state index in [1.807, 2.05) is 6.08 Å². The monoisotopic (exact) mass is 587 g/mol. The van der Waals surface area contributed by atoms with E-state index in [-0.39, 0.29) is 40.4 Å². The van der Waals surface area contributed by atoms with E-state index in [0.29, 0.717) is 48.7 Å². The maximum atomic E-state index is 13.6. The van der Waals surface area contributed by atoms with Gasteiger partial charge in [0.2, 0.25) is 5.91 Å². The Morgan fingerprint density at radius 3 is 2.54 bits per heavy atom. The molecule has 3 fully saturated rings. The molecule has 37 heavy (non-hydrogen) atoms. The van der Waals surface area contributed by atoms with Crippen molar-refractivity contribution in [1.82, 2.24) is 5.32 Å². The van der Waals surface area contributed by atoms with Gasteiger partial charge in [-0.2, -0.15) is 0 Å². The van der Waals surface area contributed by atoms with E-state index in [1.54, 1.807) is 11.3 Å².